The zero-order valence-electron chi connectivity index (χ0n) is 5.78. The second-order valence-electron chi connectivity index (χ2n) is 2.84. The van der Waals surface area contributed by atoms with Crippen LogP contribution in [-0.4, -0.2) is 24.5 Å². The van der Waals surface area contributed by atoms with Crippen molar-refractivity contribution in [2.75, 3.05) is 19.6 Å². The summed E-state index contributed by atoms with van der Waals surface area (Å²) in [6, 6.07) is 0. The molecule has 1 fully saturated rings. The van der Waals surface area contributed by atoms with Gasteiger partial charge >= 0.3 is 0 Å². The van der Waals surface area contributed by atoms with Gasteiger partial charge in [0.25, 0.3) is 0 Å². The fourth-order valence-corrected chi connectivity index (χ4v) is 0.987. The second kappa shape index (κ2) is 2.49. The summed E-state index contributed by atoms with van der Waals surface area (Å²) < 4.78 is 0. The van der Waals surface area contributed by atoms with Crippen LogP contribution >= 0.6 is 0 Å². The normalized spacial score (nSPS) is 21.4. The van der Waals surface area contributed by atoms with Gasteiger partial charge in [-0.2, -0.15) is 0 Å². The molecule has 1 aliphatic rings. The van der Waals surface area contributed by atoms with Crippen molar-refractivity contribution in [2.24, 2.45) is 0 Å². The fourth-order valence-electron chi connectivity index (χ4n) is 0.987. The number of rotatable bonds is 2. The third-order valence-electron chi connectivity index (χ3n) is 1.49. The van der Waals surface area contributed by atoms with Gasteiger partial charge in [0.1, 0.15) is 0 Å². The first-order valence-corrected chi connectivity index (χ1v) is 3.30. The van der Waals surface area contributed by atoms with E-state index in [1.54, 1.807) is 0 Å². The quantitative estimate of drug-likeness (QED) is 0.520. The highest BCUT2D eigenvalue weighted by molar-refractivity contribution is 4.84. The molecule has 47 valence electrons. The molecular weight excluding hydrogens is 98.1 g/mol. The first-order chi connectivity index (χ1) is 3.79. The van der Waals surface area contributed by atoms with Gasteiger partial charge in [-0.1, -0.05) is 13.8 Å². The maximum Gasteiger partial charge on any atom is 0.00383 e. The number of nitrogens with zero attached hydrogens (tertiary/aromatic N) is 1. The minimum atomic E-state index is 1.22. The number of likely N-dealkylation sites (tertiary alicyclic amines) is 1. The van der Waals surface area contributed by atoms with Gasteiger partial charge in [0.15, 0.2) is 0 Å². The van der Waals surface area contributed by atoms with Crippen LogP contribution in [0.15, 0.2) is 0 Å². The molecule has 0 aliphatic carbocycles. The molecule has 1 radical (unpaired) electrons. The van der Waals surface area contributed by atoms with Crippen LogP contribution in [-0.2, 0) is 0 Å². The highest BCUT2D eigenvalue weighted by Gasteiger charge is 2.13. The van der Waals surface area contributed by atoms with Crippen LogP contribution in [0.1, 0.15) is 20.3 Å². The second-order valence-corrected chi connectivity index (χ2v) is 2.84. The Morgan fingerprint density at radius 2 is 2.00 bits per heavy atom. The fraction of sp³-hybridized carbons (Fsp3) is 0.857. The summed E-state index contributed by atoms with van der Waals surface area (Å²) in [4.78, 5) is 2.47. The van der Waals surface area contributed by atoms with E-state index in [1.807, 2.05) is 0 Å². The summed E-state index contributed by atoms with van der Waals surface area (Å²) in [6.45, 7) is 8.26. The van der Waals surface area contributed by atoms with E-state index >= 15 is 0 Å². The predicted octanol–water partition coefficient (Wildman–Crippen LogP) is 1.31. The van der Waals surface area contributed by atoms with E-state index in [0.29, 0.717) is 0 Å². The maximum absolute atomic E-state index is 2.47. The van der Waals surface area contributed by atoms with E-state index in [1.165, 1.54) is 32.0 Å². The van der Waals surface area contributed by atoms with E-state index in [9.17, 15) is 0 Å². The average molecular weight is 112 g/mol. The van der Waals surface area contributed by atoms with Crippen LogP contribution in [0.4, 0.5) is 0 Å². The smallest absolute Gasteiger partial charge is 0.00383 e. The van der Waals surface area contributed by atoms with E-state index in [4.69, 9.17) is 0 Å². The Bertz CT molecular complexity index is 64.8. The summed E-state index contributed by atoms with van der Waals surface area (Å²) >= 11 is 0. The molecule has 0 aromatic heterocycles. The summed E-state index contributed by atoms with van der Waals surface area (Å²) in [5.74, 6) is 1.53. The Hall–Kier alpha value is -0.0400. The first-order valence-electron chi connectivity index (χ1n) is 3.30. The molecule has 8 heavy (non-hydrogen) atoms. The van der Waals surface area contributed by atoms with Crippen molar-refractivity contribution >= 4 is 0 Å². The van der Waals surface area contributed by atoms with E-state index < -0.39 is 0 Å². The van der Waals surface area contributed by atoms with Crippen molar-refractivity contribution in [3.8, 4) is 0 Å². The molecule has 1 heterocycles. The standard InChI is InChI=1S/C7H14N/c1-7(2)6-8-4-3-5-8/h3-6H2,1-2H3. The van der Waals surface area contributed by atoms with Crippen molar-refractivity contribution in [1.82, 2.24) is 4.90 Å². The zero-order valence-corrected chi connectivity index (χ0v) is 5.78. The molecule has 0 atom stereocenters. The highest BCUT2D eigenvalue weighted by atomic mass is 15.2. The van der Waals surface area contributed by atoms with Crippen molar-refractivity contribution < 1.29 is 0 Å². The molecule has 1 saturated heterocycles. The summed E-state index contributed by atoms with van der Waals surface area (Å²) in [7, 11) is 0. The minimum Gasteiger partial charge on any atom is -0.303 e. The molecule has 0 N–H and O–H groups in total. The summed E-state index contributed by atoms with van der Waals surface area (Å²) in [5, 5.41) is 0. The molecule has 0 unspecified atom stereocenters. The monoisotopic (exact) mass is 112 g/mol. The van der Waals surface area contributed by atoms with Gasteiger partial charge in [-0.3, -0.25) is 0 Å². The van der Waals surface area contributed by atoms with Gasteiger partial charge in [-0.25, -0.2) is 0 Å². The predicted molar refractivity (Wildman–Crippen MR) is 35.6 cm³/mol. The topological polar surface area (TPSA) is 3.24 Å². The SMILES string of the molecule is C[C](C)CN1CCC1. The largest absolute Gasteiger partial charge is 0.303 e. The summed E-state index contributed by atoms with van der Waals surface area (Å²) in [6.07, 6.45) is 1.41. The Kier molecular flexibility index (Phi) is 1.90. The van der Waals surface area contributed by atoms with Crippen molar-refractivity contribution in [3.63, 3.8) is 0 Å². The lowest BCUT2D eigenvalue weighted by molar-refractivity contribution is 0.190. The Morgan fingerprint density at radius 3 is 2.12 bits per heavy atom. The molecule has 1 nitrogen and oxygen atoms in total. The van der Waals surface area contributed by atoms with Crippen LogP contribution in [0.3, 0.4) is 0 Å². The molecule has 1 aliphatic heterocycles. The minimum absolute atomic E-state index is 1.22. The van der Waals surface area contributed by atoms with Crippen molar-refractivity contribution in [3.05, 3.63) is 5.92 Å². The molecule has 0 saturated carbocycles. The Morgan fingerprint density at radius 1 is 1.38 bits per heavy atom. The van der Waals surface area contributed by atoms with Gasteiger partial charge in [0.2, 0.25) is 0 Å². The van der Waals surface area contributed by atoms with Gasteiger partial charge < -0.3 is 4.90 Å². The molecule has 0 aromatic rings. The lowest BCUT2D eigenvalue weighted by Crippen LogP contribution is -2.38. The van der Waals surface area contributed by atoms with Gasteiger partial charge in [0, 0.05) is 6.54 Å². The Balaban J connectivity index is 2.01. The molecule has 0 spiro atoms. The zero-order chi connectivity index (χ0) is 5.98. The van der Waals surface area contributed by atoms with E-state index in [2.05, 4.69) is 18.7 Å². The first kappa shape index (κ1) is 6.09. The maximum atomic E-state index is 2.47. The van der Waals surface area contributed by atoms with Gasteiger partial charge in [-0.15, -0.1) is 0 Å². The van der Waals surface area contributed by atoms with Crippen molar-refractivity contribution in [2.45, 2.75) is 20.3 Å². The third kappa shape index (κ3) is 1.48. The average Bonchev–Trinajstić information content (AvgIpc) is 1.55. The molecule has 0 amide bonds. The number of hydrogen-bond acceptors (Lipinski definition) is 1. The molecule has 1 rings (SSSR count). The van der Waals surface area contributed by atoms with Crippen LogP contribution < -0.4 is 0 Å². The van der Waals surface area contributed by atoms with Gasteiger partial charge in [-0.05, 0) is 25.4 Å². The van der Waals surface area contributed by atoms with Crippen LogP contribution in [0.5, 0.6) is 0 Å². The van der Waals surface area contributed by atoms with E-state index in [0.717, 1.165) is 0 Å². The molecular formula is C7H14N. The van der Waals surface area contributed by atoms with Crippen LogP contribution in [0.2, 0.25) is 0 Å². The van der Waals surface area contributed by atoms with Gasteiger partial charge in [0.05, 0.1) is 0 Å². The third-order valence-corrected chi connectivity index (χ3v) is 1.49. The molecule has 0 bridgehead atoms. The highest BCUT2D eigenvalue weighted by Crippen LogP contribution is 2.08. The molecule has 1 heteroatoms. The van der Waals surface area contributed by atoms with E-state index in [-0.39, 0.29) is 0 Å². The lowest BCUT2D eigenvalue weighted by atomic mass is 10.1. The lowest BCUT2D eigenvalue weighted by Gasteiger charge is -2.31. The molecule has 0 aromatic carbocycles. The van der Waals surface area contributed by atoms with Crippen LogP contribution in [0.25, 0.3) is 0 Å². The Labute approximate surface area is 51.7 Å². The van der Waals surface area contributed by atoms with Crippen molar-refractivity contribution in [1.29, 1.82) is 0 Å². The number of hydrogen-bond donors (Lipinski definition) is 0. The summed E-state index contributed by atoms with van der Waals surface area (Å²) in [5.41, 5.74) is 0. The van der Waals surface area contributed by atoms with Crippen LogP contribution in [0, 0.1) is 5.92 Å².